The predicted octanol–water partition coefficient (Wildman–Crippen LogP) is 5.68. The van der Waals surface area contributed by atoms with Crippen LogP contribution in [-0.2, 0) is 12.8 Å². The van der Waals surface area contributed by atoms with Gasteiger partial charge in [0.15, 0.2) is 5.16 Å². The molecule has 0 aliphatic heterocycles. The molecular weight excluding hydrogens is 418 g/mol. The highest BCUT2D eigenvalue weighted by molar-refractivity contribution is 7.98. The van der Waals surface area contributed by atoms with E-state index >= 15 is 0 Å². The molecule has 0 aliphatic rings. The van der Waals surface area contributed by atoms with Gasteiger partial charge < -0.3 is 0 Å². The largest absolute Gasteiger partial charge is 0.290 e. The third kappa shape index (κ3) is 3.45. The molecule has 8 heteroatoms. The number of hydrogen-bond acceptors (Lipinski definition) is 6. The predicted molar refractivity (Wildman–Crippen MR) is 116 cm³/mol. The van der Waals surface area contributed by atoms with E-state index < -0.39 is 0 Å². The normalized spacial score (nSPS) is 11.4. The molecule has 4 nitrogen and oxygen atoms in total. The Balaban J connectivity index is 1.60. The maximum Gasteiger partial charge on any atom is 0.262 e. The van der Waals surface area contributed by atoms with E-state index in [9.17, 15) is 4.79 Å². The fraction of sp³-hybridized carbons (Fsp3) is 0.211. The van der Waals surface area contributed by atoms with E-state index in [1.807, 2.05) is 43.5 Å². The second-order valence-electron chi connectivity index (χ2n) is 6.13. The summed E-state index contributed by atoms with van der Waals surface area (Å²) < 4.78 is 1.63. The summed E-state index contributed by atoms with van der Waals surface area (Å²) in [5.74, 6) is 0.649. The van der Waals surface area contributed by atoms with E-state index in [0.717, 1.165) is 36.9 Å². The Morgan fingerprint density at radius 1 is 1.22 bits per heavy atom. The minimum absolute atomic E-state index is 0.0133. The first-order valence-corrected chi connectivity index (χ1v) is 11.3. The Hall–Kier alpha value is -1.67. The van der Waals surface area contributed by atoms with Crippen LogP contribution in [0.5, 0.6) is 0 Å². The van der Waals surface area contributed by atoms with Crippen molar-refractivity contribution in [3.8, 4) is 10.6 Å². The standard InChI is InChI=1S/C19H16ClN3OS3/c1-10-11(2)27-17-15(10)18(24)23(3)19(22-17)26-9-12-8-25-16(21-12)13-6-4-5-7-14(13)20/h4-8H,9H2,1-3H3. The molecule has 0 N–H and O–H groups in total. The number of aromatic nitrogens is 3. The maximum absolute atomic E-state index is 12.7. The van der Waals surface area contributed by atoms with Crippen LogP contribution in [0, 0.1) is 13.8 Å². The maximum atomic E-state index is 12.7. The van der Waals surface area contributed by atoms with E-state index in [0.29, 0.717) is 15.9 Å². The Morgan fingerprint density at radius 3 is 2.78 bits per heavy atom. The van der Waals surface area contributed by atoms with E-state index in [-0.39, 0.29) is 5.56 Å². The summed E-state index contributed by atoms with van der Waals surface area (Å²) in [4.78, 5) is 24.1. The van der Waals surface area contributed by atoms with Gasteiger partial charge in [-0.3, -0.25) is 9.36 Å². The highest BCUT2D eigenvalue weighted by Gasteiger charge is 2.15. The van der Waals surface area contributed by atoms with Gasteiger partial charge in [-0.05, 0) is 25.5 Å². The fourth-order valence-electron chi connectivity index (χ4n) is 2.76. The Morgan fingerprint density at radius 2 is 2.00 bits per heavy atom. The molecule has 0 saturated carbocycles. The molecule has 0 radical (unpaired) electrons. The van der Waals surface area contributed by atoms with Gasteiger partial charge in [0.1, 0.15) is 9.84 Å². The topological polar surface area (TPSA) is 47.8 Å². The number of benzene rings is 1. The van der Waals surface area contributed by atoms with Crippen LogP contribution in [0.1, 0.15) is 16.1 Å². The molecule has 4 aromatic rings. The first kappa shape index (κ1) is 18.7. The number of thiazole rings is 1. The van der Waals surface area contributed by atoms with Gasteiger partial charge in [-0.15, -0.1) is 22.7 Å². The van der Waals surface area contributed by atoms with E-state index in [1.54, 1.807) is 34.3 Å². The van der Waals surface area contributed by atoms with Gasteiger partial charge in [-0.1, -0.05) is 41.6 Å². The summed E-state index contributed by atoms with van der Waals surface area (Å²) >= 11 is 10.9. The number of rotatable bonds is 4. The minimum atomic E-state index is 0.0133. The molecule has 138 valence electrons. The van der Waals surface area contributed by atoms with Crippen molar-refractivity contribution in [2.75, 3.05) is 0 Å². The lowest BCUT2D eigenvalue weighted by molar-refractivity contribution is 0.727. The van der Waals surface area contributed by atoms with Crippen molar-refractivity contribution in [2.45, 2.75) is 24.8 Å². The lowest BCUT2D eigenvalue weighted by Crippen LogP contribution is -2.19. The van der Waals surface area contributed by atoms with E-state index in [2.05, 4.69) is 4.98 Å². The number of thioether (sulfide) groups is 1. The average molecular weight is 434 g/mol. The molecule has 0 atom stereocenters. The van der Waals surface area contributed by atoms with Crippen LogP contribution in [-0.4, -0.2) is 14.5 Å². The lowest BCUT2D eigenvalue weighted by Gasteiger charge is -2.06. The van der Waals surface area contributed by atoms with Crippen LogP contribution in [0.2, 0.25) is 5.02 Å². The van der Waals surface area contributed by atoms with Crippen LogP contribution in [0.25, 0.3) is 20.8 Å². The molecule has 0 saturated heterocycles. The van der Waals surface area contributed by atoms with Crippen molar-refractivity contribution in [3.63, 3.8) is 0 Å². The van der Waals surface area contributed by atoms with Gasteiger partial charge in [0.05, 0.1) is 16.1 Å². The van der Waals surface area contributed by atoms with Gasteiger partial charge in [-0.2, -0.15) is 0 Å². The quantitative estimate of drug-likeness (QED) is 0.307. The van der Waals surface area contributed by atoms with Crippen LogP contribution in [0.4, 0.5) is 0 Å². The Kier molecular flexibility index (Phi) is 5.11. The monoisotopic (exact) mass is 433 g/mol. The Labute approximate surface area is 173 Å². The van der Waals surface area contributed by atoms with Gasteiger partial charge >= 0.3 is 0 Å². The molecule has 0 amide bonds. The van der Waals surface area contributed by atoms with Crippen LogP contribution in [0.15, 0.2) is 39.6 Å². The summed E-state index contributed by atoms with van der Waals surface area (Å²) in [6, 6.07) is 7.70. The zero-order chi connectivity index (χ0) is 19.1. The van der Waals surface area contributed by atoms with Gasteiger partial charge in [0.2, 0.25) is 0 Å². The smallest absolute Gasteiger partial charge is 0.262 e. The number of halogens is 1. The molecule has 3 heterocycles. The van der Waals surface area contributed by atoms with Crippen molar-refractivity contribution < 1.29 is 0 Å². The molecule has 0 unspecified atom stereocenters. The molecule has 1 aromatic carbocycles. The van der Waals surface area contributed by atoms with E-state index in [1.165, 1.54) is 11.8 Å². The number of hydrogen-bond donors (Lipinski definition) is 0. The summed E-state index contributed by atoms with van der Waals surface area (Å²) in [6.07, 6.45) is 0. The molecule has 3 aromatic heterocycles. The van der Waals surface area contributed by atoms with Crippen LogP contribution >= 0.6 is 46.0 Å². The van der Waals surface area contributed by atoms with Crippen LogP contribution in [0.3, 0.4) is 0 Å². The number of fused-ring (bicyclic) bond motifs is 1. The minimum Gasteiger partial charge on any atom is -0.290 e. The third-order valence-electron chi connectivity index (χ3n) is 4.37. The van der Waals surface area contributed by atoms with Crippen molar-refractivity contribution in [2.24, 2.45) is 7.05 Å². The number of aryl methyl sites for hydroxylation is 2. The second kappa shape index (κ2) is 7.39. The summed E-state index contributed by atoms with van der Waals surface area (Å²) in [5, 5.41) is 5.07. The Bertz CT molecular complexity index is 1210. The van der Waals surface area contributed by atoms with Crippen molar-refractivity contribution in [3.05, 3.63) is 61.2 Å². The van der Waals surface area contributed by atoms with Crippen molar-refractivity contribution in [1.29, 1.82) is 0 Å². The summed E-state index contributed by atoms with van der Waals surface area (Å²) in [6.45, 7) is 4.01. The first-order valence-electron chi connectivity index (χ1n) is 8.24. The zero-order valence-corrected chi connectivity index (χ0v) is 18.2. The van der Waals surface area contributed by atoms with Gasteiger partial charge in [0, 0.05) is 28.6 Å². The second-order valence-corrected chi connectivity index (χ2v) is 9.55. The molecule has 0 aliphatic carbocycles. The lowest BCUT2D eigenvalue weighted by atomic mass is 10.2. The molecule has 0 spiro atoms. The van der Waals surface area contributed by atoms with Gasteiger partial charge in [-0.25, -0.2) is 9.97 Å². The molecule has 0 bridgehead atoms. The first-order chi connectivity index (χ1) is 13.0. The SMILES string of the molecule is Cc1sc2nc(SCc3csc(-c4ccccc4Cl)n3)n(C)c(=O)c2c1C. The van der Waals surface area contributed by atoms with Gasteiger partial charge in [0.25, 0.3) is 5.56 Å². The molecule has 27 heavy (non-hydrogen) atoms. The highest BCUT2D eigenvalue weighted by atomic mass is 35.5. The average Bonchev–Trinajstić information content (AvgIpc) is 3.22. The highest BCUT2D eigenvalue weighted by Crippen LogP contribution is 2.32. The van der Waals surface area contributed by atoms with E-state index in [4.69, 9.17) is 16.6 Å². The summed E-state index contributed by atoms with van der Waals surface area (Å²) in [7, 11) is 1.78. The van der Waals surface area contributed by atoms with Crippen LogP contribution < -0.4 is 5.56 Å². The third-order valence-corrected chi connectivity index (χ3v) is 7.79. The molecular formula is C19H16ClN3OS3. The number of nitrogens with zero attached hydrogens (tertiary/aromatic N) is 3. The molecule has 0 fully saturated rings. The van der Waals surface area contributed by atoms with Crippen molar-refractivity contribution in [1.82, 2.24) is 14.5 Å². The number of thiophene rings is 1. The molecule has 4 rings (SSSR count). The zero-order valence-electron chi connectivity index (χ0n) is 14.9. The summed E-state index contributed by atoms with van der Waals surface area (Å²) in [5.41, 5.74) is 2.94. The van der Waals surface area contributed by atoms with Crippen molar-refractivity contribution >= 4 is 56.3 Å². The fourth-order valence-corrected chi connectivity index (χ4v) is 5.94.